The van der Waals surface area contributed by atoms with Crippen LogP contribution in [0.3, 0.4) is 0 Å². The number of ether oxygens (including phenoxy) is 1. The molecule has 2 atom stereocenters. The van der Waals surface area contributed by atoms with E-state index in [9.17, 15) is 0 Å². The highest BCUT2D eigenvalue weighted by Gasteiger charge is 2.28. The Morgan fingerprint density at radius 3 is 3.06 bits per heavy atom. The topological polar surface area (TPSA) is 21.3 Å². The molecule has 0 aliphatic carbocycles. The summed E-state index contributed by atoms with van der Waals surface area (Å²) in [5.41, 5.74) is 1.33. The van der Waals surface area contributed by atoms with Gasteiger partial charge >= 0.3 is 0 Å². The first-order valence-electron chi connectivity index (χ1n) is 6.38. The highest BCUT2D eigenvalue weighted by Crippen LogP contribution is 2.30. The van der Waals surface area contributed by atoms with Gasteiger partial charge in [-0.3, -0.25) is 0 Å². The van der Waals surface area contributed by atoms with Crippen LogP contribution in [-0.4, -0.2) is 19.2 Å². The summed E-state index contributed by atoms with van der Waals surface area (Å²) in [6.07, 6.45) is 6.68. The van der Waals surface area contributed by atoms with Crippen molar-refractivity contribution in [2.24, 2.45) is 0 Å². The van der Waals surface area contributed by atoms with E-state index < -0.39 is 0 Å². The fourth-order valence-corrected chi connectivity index (χ4v) is 2.43. The third kappa shape index (κ3) is 2.89. The van der Waals surface area contributed by atoms with Crippen molar-refractivity contribution in [1.29, 1.82) is 0 Å². The molecule has 1 aromatic carbocycles. The van der Waals surface area contributed by atoms with Crippen molar-refractivity contribution in [3.05, 3.63) is 42.5 Å². The minimum absolute atomic E-state index is 0.280. The van der Waals surface area contributed by atoms with Gasteiger partial charge in [0.2, 0.25) is 0 Å². The van der Waals surface area contributed by atoms with Crippen LogP contribution in [-0.2, 0) is 6.42 Å². The molecule has 1 N–H and O–H groups in total. The Labute approximate surface area is 104 Å². The Morgan fingerprint density at radius 1 is 1.53 bits per heavy atom. The molecule has 0 aromatic heterocycles. The second-order valence-corrected chi connectivity index (χ2v) is 4.58. The molecule has 2 rings (SSSR count). The summed E-state index contributed by atoms with van der Waals surface area (Å²) in [5.74, 6) is 1.06. The van der Waals surface area contributed by atoms with Crippen LogP contribution in [0.1, 0.15) is 24.8 Å². The monoisotopic (exact) mass is 231 g/mol. The van der Waals surface area contributed by atoms with E-state index in [1.54, 1.807) is 0 Å². The molecular weight excluding hydrogens is 210 g/mol. The van der Waals surface area contributed by atoms with Gasteiger partial charge in [-0.15, -0.1) is 6.58 Å². The molecule has 92 valence electrons. The maximum Gasteiger partial charge on any atom is 0.123 e. The average Bonchev–Trinajstić information content (AvgIpc) is 2.78. The summed E-state index contributed by atoms with van der Waals surface area (Å²) in [7, 11) is 2.02. The first-order valence-corrected chi connectivity index (χ1v) is 6.38. The summed E-state index contributed by atoms with van der Waals surface area (Å²) < 4.78 is 6.00. The van der Waals surface area contributed by atoms with E-state index in [1.807, 2.05) is 19.2 Å². The third-order valence-corrected chi connectivity index (χ3v) is 3.42. The summed E-state index contributed by atoms with van der Waals surface area (Å²) in [5, 5.41) is 3.38. The van der Waals surface area contributed by atoms with Gasteiger partial charge in [0.05, 0.1) is 0 Å². The number of fused-ring (bicyclic) bond motifs is 1. The van der Waals surface area contributed by atoms with Crippen molar-refractivity contribution >= 4 is 0 Å². The number of benzene rings is 1. The molecule has 0 radical (unpaired) electrons. The molecule has 2 heteroatoms. The molecule has 17 heavy (non-hydrogen) atoms. The maximum atomic E-state index is 6.00. The van der Waals surface area contributed by atoms with Gasteiger partial charge in [-0.05, 0) is 37.9 Å². The molecule has 2 unspecified atom stereocenters. The van der Waals surface area contributed by atoms with Crippen LogP contribution in [0.2, 0.25) is 0 Å². The van der Waals surface area contributed by atoms with E-state index in [1.165, 1.54) is 12.0 Å². The molecule has 1 aromatic rings. The third-order valence-electron chi connectivity index (χ3n) is 3.42. The lowest BCUT2D eigenvalue weighted by atomic mass is 10.00. The van der Waals surface area contributed by atoms with Crippen LogP contribution < -0.4 is 10.1 Å². The summed E-state index contributed by atoms with van der Waals surface area (Å²) in [6.45, 7) is 3.76. The molecule has 0 amide bonds. The number of para-hydroxylation sites is 1. The van der Waals surface area contributed by atoms with Crippen molar-refractivity contribution in [2.75, 3.05) is 7.05 Å². The highest BCUT2D eigenvalue weighted by molar-refractivity contribution is 5.37. The van der Waals surface area contributed by atoms with Crippen LogP contribution in [0.5, 0.6) is 5.75 Å². The normalized spacial score (nSPS) is 19.5. The number of allylic oxidation sites excluding steroid dienone is 1. The molecule has 0 fully saturated rings. The molecule has 1 aliphatic rings. The van der Waals surface area contributed by atoms with Crippen molar-refractivity contribution in [3.63, 3.8) is 0 Å². The van der Waals surface area contributed by atoms with E-state index in [-0.39, 0.29) is 6.10 Å². The van der Waals surface area contributed by atoms with Crippen molar-refractivity contribution < 1.29 is 4.74 Å². The van der Waals surface area contributed by atoms with E-state index in [4.69, 9.17) is 4.74 Å². The predicted octanol–water partition coefficient (Wildman–Crippen LogP) is 2.93. The van der Waals surface area contributed by atoms with E-state index in [0.29, 0.717) is 6.04 Å². The maximum absolute atomic E-state index is 6.00. The first kappa shape index (κ1) is 12.2. The Balaban J connectivity index is 1.93. The summed E-state index contributed by atoms with van der Waals surface area (Å²) in [6, 6.07) is 8.77. The van der Waals surface area contributed by atoms with Gasteiger partial charge in [0.25, 0.3) is 0 Å². The van der Waals surface area contributed by atoms with Gasteiger partial charge in [0.15, 0.2) is 0 Å². The summed E-state index contributed by atoms with van der Waals surface area (Å²) >= 11 is 0. The fourth-order valence-electron chi connectivity index (χ4n) is 2.43. The van der Waals surface area contributed by atoms with Crippen LogP contribution >= 0.6 is 0 Å². The standard InChI is InChI=1S/C15H21NO/c1-3-4-5-9-13(16-2)15-11-12-8-6-7-10-14(12)17-15/h3,6-8,10,13,15-16H,1,4-5,9,11H2,2H3. The molecule has 0 saturated carbocycles. The van der Waals surface area contributed by atoms with Gasteiger partial charge in [-0.2, -0.15) is 0 Å². The lowest BCUT2D eigenvalue weighted by Crippen LogP contribution is -2.40. The lowest BCUT2D eigenvalue weighted by Gasteiger charge is -2.22. The molecule has 2 nitrogen and oxygen atoms in total. The lowest BCUT2D eigenvalue weighted by molar-refractivity contribution is 0.175. The second-order valence-electron chi connectivity index (χ2n) is 4.58. The number of likely N-dealkylation sites (N-methyl/N-ethyl adjacent to an activating group) is 1. The summed E-state index contributed by atoms with van der Waals surface area (Å²) in [4.78, 5) is 0. The molecule has 0 bridgehead atoms. The zero-order valence-electron chi connectivity index (χ0n) is 10.5. The Hall–Kier alpha value is -1.28. The zero-order valence-corrected chi connectivity index (χ0v) is 10.5. The van der Waals surface area contributed by atoms with Crippen LogP contribution in [0, 0.1) is 0 Å². The number of hydrogen-bond donors (Lipinski definition) is 1. The predicted molar refractivity (Wildman–Crippen MR) is 71.5 cm³/mol. The molecule has 1 aliphatic heterocycles. The number of unbranched alkanes of at least 4 members (excludes halogenated alkanes) is 1. The van der Waals surface area contributed by atoms with Gasteiger partial charge in [-0.25, -0.2) is 0 Å². The van der Waals surface area contributed by atoms with Gasteiger partial charge < -0.3 is 10.1 Å². The minimum Gasteiger partial charge on any atom is -0.488 e. The average molecular weight is 231 g/mol. The van der Waals surface area contributed by atoms with E-state index >= 15 is 0 Å². The Morgan fingerprint density at radius 2 is 2.35 bits per heavy atom. The highest BCUT2D eigenvalue weighted by atomic mass is 16.5. The van der Waals surface area contributed by atoms with Gasteiger partial charge in [-0.1, -0.05) is 24.3 Å². The number of rotatable bonds is 6. The largest absolute Gasteiger partial charge is 0.488 e. The minimum atomic E-state index is 0.280. The second kappa shape index (κ2) is 5.87. The van der Waals surface area contributed by atoms with Crippen molar-refractivity contribution in [2.45, 2.75) is 37.8 Å². The van der Waals surface area contributed by atoms with E-state index in [2.05, 4.69) is 30.1 Å². The molecule has 1 heterocycles. The quantitative estimate of drug-likeness (QED) is 0.600. The van der Waals surface area contributed by atoms with Crippen molar-refractivity contribution in [3.8, 4) is 5.75 Å². The van der Waals surface area contributed by atoms with Crippen LogP contribution in [0.4, 0.5) is 0 Å². The number of nitrogens with one attached hydrogen (secondary N) is 1. The molecular formula is C15H21NO. The Bertz CT molecular complexity index is 350. The van der Waals surface area contributed by atoms with E-state index in [0.717, 1.165) is 25.0 Å². The van der Waals surface area contributed by atoms with Gasteiger partial charge in [0.1, 0.15) is 11.9 Å². The van der Waals surface area contributed by atoms with Gasteiger partial charge in [0, 0.05) is 12.5 Å². The fraction of sp³-hybridized carbons (Fsp3) is 0.467. The smallest absolute Gasteiger partial charge is 0.123 e. The van der Waals surface area contributed by atoms with Crippen molar-refractivity contribution in [1.82, 2.24) is 5.32 Å². The zero-order chi connectivity index (χ0) is 12.1. The first-order chi connectivity index (χ1) is 8.35. The Kier molecular flexibility index (Phi) is 4.21. The number of hydrogen-bond acceptors (Lipinski definition) is 2. The molecule has 0 spiro atoms. The van der Waals surface area contributed by atoms with Crippen LogP contribution in [0.25, 0.3) is 0 Å². The molecule has 0 saturated heterocycles. The van der Waals surface area contributed by atoms with Crippen LogP contribution in [0.15, 0.2) is 36.9 Å². The SMILES string of the molecule is C=CCCCC(NC)C1Cc2ccccc2O1.